The summed E-state index contributed by atoms with van der Waals surface area (Å²) in [6.07, 6.45) is -2.07. The molecule has 0 heterocycles. The second-order valence-corrected chi connectivity index (χ2v) is 3.63. The normalized spacial score (nSPS) is 11.0. The van der Waals surface area contributed by atoms with Crippen molar-refractivity contribution in [2.75, 3.05) is 27.2 Å². The lowest BCUT2D eigenvalue weighted by atomic mass is 9.96. The van der Waals surface area contributed by atoms with E-state index in [0.29, 0.717) is 0 Å². The van der Waals surface area contributed by atoms with E-state index in [1.165, 1.54) is 0 Å². The summed E-state index contributed by atoms with van der Waals surface area (Å²) < 4.78 is 17.3. The summed E-state index contributed by atoms with van der Waals surface area (Å²) in [4.78, 5) is 33.5. The van der Waals surface area contributed by atoms with Crippen LogP contribution in [0.15, 0.2) is 0 Å². The van der Waals surface area contributed by atoms with Crippen molar-refractivity contribution in [2.24, 2.45) is 0 Å². The van der Waals surface area contributed by atoms with Gasteiger partial charge in [-0.1, -0.05) is 0 Å². The molecule has 122 valence electrons. The molecule has 0 aromatic heterocycles. The van der Waals surface area contributed by atoms with Crippen molar-refractivity contribution in [1.82, 2.24) is 0 Å². The Kier molecular flexibility index (Phi) is 9.16. The lowest BCUT2D eigenvalue weighted by Gasteiger charge is -2.21. The molecule has 0 aliphatic rings. The van der Waals surface area contributed by atoms with Crippen LogP contribution in [0.4, 0.5) is 0 Å². The van der Waals surface area contributed by atoms with Crippen LogP contribution in [-0.2, 0) is 33.3 Å². The van der Waals surface area contributed by atoms with Crippen molar-refractivity contribution in [1.29, 1.82) is 0 Å². The van der Waals surface area contributed by atoms with Gasteiger partial charge >= 0.3 is 17.9 Å². The van der Waals surface area contributed by atoms with Crippen LogP contribution in [0.3, 0.4) is 0 Å². The van der Waals surface area contributed by atoms with Crippen LogP contribution in [0, 0.1) is 0 Å². The average Bonchev–Trinajstić information content (AvgIpc) is 2.38. The fraction of sp³-hybridized carbons (Fsp3) is 0.700. The smallest absolute Gasteiger partial charge is 0.336 e. The van der Waals surface area contributed by atoms with Gasteiger partial charge in [0.15, 0.2) is 19.2 Å². The third kappa shape index (κ3) is 8.16. The second kappa shape index (κ2) is 10.0. The van der Waals surface area contributed by atoms with Gasteiger partial charge in [0.05, 0.1) is 12.8 Å². The Morgan fingerprint density at radius 3 is 1.52 bits per heavy atom. The van der Waals surface area contributed by atoms with Crippen molar-refractivity contribution in [3.8, 4) is 0 Å². The number of carboxylic acids is 1. The highest BCUT2D eigenvalue weighted by atomic mass is 16.7. The zero-order chi connectivity index (χ0) is 16.3. The molecule has 0 amide bonds. The first-order valence-corrected chi connectivity index (χ1v) is 5.50. The molecule has 0 saturated heterocycles. The van der Waals surface area contributed by atoms with Crippen molar-refractivity contribution in [3.05, 3.63) is 0 Å². The zero-order valence-electron chi connectivity index (χ0n) is 10.9. The number of carboxylic acid groups (broad SMARTS) is 1. The third-order valence-corrected chi connectivity index (χ3v) is 2.06. The van der Waals surface area contributed by atoms with Crippen molar-refractivity contribution >= 4 is 17.9 Å². The molecule has 0 atom stereocenters. The highest BCUT2D eigenvalue weighted by Gasteiger charge is 2.42. The maximum Gasteiger partial charge on any atom is 0.336 e. The van der Waals surface area contributed by atoms with E-state index in [1.807, 2.05) is 0 Å². The van der Waals surface area contributed by atoms with Gasteiger partial charge < -0.3 is 39.4 Å². The van der Waals surface area contributed by atoms with Crippen LogP contribution >= 0.6 is 0 Å². The fourth-order valence-electron chi connectivity index (χ4n) is 1.08. The molecule has 0 spiro atoms. The summed E-state index contributed by atoms with van der Waals surface area (Å²) in [6, 6.07) is 0. The average molecular weight is 312 g/mol. The Balaban J connectivity index is 4.44. The second-order valence-electron chi connectivity index (χ2n) is 3.63. The summed E-state index contributed by atoms with van der Waals surface area (Å²) in [7, 11) is 0. The molecule has 0 aliphatic heterocycles. The number of carbonyl (C=O) groups excluding carboxylic acids is 2. The summed E-state index contributed by atoms with van der Waals surface area (Å²) in [5, 5.41) is 35.2. The third-order valence-electron chi connectivity index (χ3n) is 2.06. The minimum Gasteiger partial charge on any atom is -0.479 e. The number of ether oxygens (including phenoxy) is 4. The van der Waals surface area contributed by atoms with Crippen LogP contribution in [0.1, 0.15) is 12.8 Å². The first-order chi connectivity index (χ1) is 9.85. The molecule has 0 radical (unpaired) electrons. The number of rotatable bonds is 11. The molecule has 0 fully saturated rings. The number of aliphatic hydroxyl groups is 3. The van der Waals surface area contributed by atoms with Gasteiger partial charge in [-0.05, 0) is 0 Å². The zero-order valence-corrected chi connectivity index (χ0v) is 10.9. The molecule has 21 heavy (non-hydrogen) atoms. The van der Waals surface area contributed by atoms with Gasteiger partial charge in [0, 0.05) is 0 Å². The quantitative estimate of drug-likeness (QED) is 0.181. The number of carbonyl (C=O) groups is 3. The van der Waals surface area contributed by atoms with E-state index in [-0.39, 0.29) is 0 Å². The van der Waals surface area contributed by atoms with E-state index in [4.69, 9.17) is 15.3 Å². The van der Waals surface area contributed by atoms with Gasteiger partial charge in [-0.15, -0.1) is 0 Å². The minimum absolute atomic E-state index is 0.639. The number of aliphatic carboxylic acids is 1. The Bertz CT molecular complexity index is 329. The summed E-state index contributed by atoms with van der Waals surface area (Å²) in [5.41, 5.74) is -2.73. The number of aliphatic hydroxyl groups excluding tert-OH is 2. The molecule has 0 rings (SSSR count). The molecule has 4 N–H and O–H groups in total. The van der Waals surface area contributed by atoms with E-state index in [0.717, 1.165) is 0 Å². The maximum atomic E-state index is 11.3. The molecule has 0 aromatic carbocycles. The summed E-state index contributed by atoms with van der Waals surface area (Å²) >= 11 is 0. The Labute approximate surface area is 118 Å². The first kappa shape index (κ1) is 19.2. The van der Waals surface area contributed by atoms with Crippen LogP contribution in [0.2, 0.25) is 0 Å². The molecule has 11 heteroatoms. The van der Waals surface area contributed by atoms with Crippen molar-refractivity contribution in [3.63, 3.8) is 0 Å². The molecule has 0 aliphatic carbocycles. The van der Waals surface area contributed by atoms with E-state index < -0.39 is 63.5 Å². The standard InChI is InChI=1S/C10H16O11/c11-3-18-5-20-7(13)1-10(17,9(15)16)2-8(14)21-6-19-4-12/h11-12,17H,1-6H2,(H,15,16). The van der Waals surface area contributed by atoms with E-state index >= 15 is 0 Å². The van der Waals surface area contributed by atoms with Crippen molar-refractivity contribution in [2.45, 2.75) is 18.4 Å². The monoisotopic (exact) mass is 312 g/mol. The topological polar surface area (TPSA) is 169 Å². The van der Waals surface area contributed by atoms with Gasteiger partial charge in [-0.2, -0.15) is 0 Å². The van der Waals surface area contributed by atoms with Crippen LogP contribution in [0.25, 0.3) is 0 Å². The minimum atomic E-state index is -2.73. The molecular formula is C10H16O11. The molecule has 0 bridgehead atoms. The SMILES string of the molecule is O=C(CC(O)(CC(=O)OCOCO)C(=O)O)OCOCO. The van der Waals surface area contributed by atoms with E-state index in [1.54, 1.807) is 0 Å². The lowest BCUT2D eigenvalue weighted by molar-refractivity contribution is -0.183. The molecule has 0 saturated carbocycles. The Morgan fingerprint density at radius 1 is 0.857 bits per heavy atom. The largest absolute Gasteiger partial charge is 0.479 e. The van der Waals surface area contributed by atoms with Crippen LogP contribution in [0.5, 0.6) is 0 Å². The summed E-state index contributed by atoms with van der Waals surface area (Å²) in [5.74, 6) is -4.15. The van der Waals surface area contributed by atoms with Gasteiger partial charge in [0.2, 0.25) is 0 Å². The molecule has 0 aromatic rings. The first-order valence-electron chi connectivity index (χ1n) is 5.50. The number of hydrogen-bond donors (Lipinski definition) is 4. The highest BCUT2D eigenvalue weighted by molar-refractivity contribution is 5.88. The van der Waals surface area contributed by atoms with Crippen LogP contribution < -0.4 is 0 Å². The van der Waals surface area contributed by atoms with Gasteiger partial charge in [-0.25, -0.2) is 4.79 Å². The predicted octanol–water partition coefficient (Wildman–Crippen LogP) is -2.48. The molecule has 0 unspecified atom stereocenters. The number of hydrogen-bond acceptors (Lipinski definition) is 10. The van der Waals surface area contributed by atoms with E-state index in [2.05, 4.69) is 18.9 Å². The predicted molar refractivity (Wildman–Crippen MR) is 60.1 cm³/mol. The Morgan fingerprint density at radius 2 is 1.24 bits per heavy atom. The van der Waals surface area contributed by atoms with Crippen molar-refractivity contribution < 1.29 is 53.8 Å². The van der Waals surface area contributed by atoms with Gasteiger partial charge in [0.25, 0.3) is 0 Å². The highest BCUT2D eigenvalue weighted by Crippen LogP contribution is 2.18. The number of esters is 2. The fourth-order valence-corrected chi connectivity index (χ4v) is 1.08. The lowest BCUT2D eigenvalue weighted by Crippen LogP contribution is -2.43. The van der Waals surface area contributed by atoms with E-state index in [9.17, 15) is 19.5 Å². The summed E-state index contributed by atoms with van der Waals surface area (Å²) in [6.45, 7) is -2.71. The maximum absolute atomic E-state index is 11.3. The van der Waals surface area contributed by atoms with Gasteiger partial charge in [0.1, 0.15) is 13.6 Å². The Hall–Kier alpha value is -1.79. The van der Waals surface area contributed by atoms with Crippen LogP contribution in [-0.4, -0.2) is 71.1 Å². The molecule has 11 nitrogen and oxygen atoms in total. The molecular weight excluding hydrogens is 296 g/mol. The van der Waals surface area contributed by atoms with Gasteiger partial charge in [-0.3, -0.25) is 9.59 Å².